The third kappa shape index (κ3) is 5.68. The Labute approximate surface area is 217 Å². The van der Waals surface area contributed by atoms with E-state index in [0.717, 1.165) is 0 Å². The van der Waals surface area contributed by atoms with Crippen molar-refractivity contribution in [3.63, 3.8) is 0 Å². The second-order valence-corrected chi connectivity index (χ2v) is 7.98. The Hall–Kier alpha value is -5.44. The normalized spacial score (nSPS) is 11.7. The smallest absolute Gasteiger partial charge is 0.343 e. The van der Waals surface area contributed by atoms with Crippen molar-refractivity contribution in [2.75, 3.05) is 6.79 Å². The lowest BCUT2D eigenvalue weighted by Crippen LogP contribution is -2.17. The summed E-state index contributed by atoms with van der Waals surface area (Å²) in [6, 6.07) is 26.2. The molecule has 0 saturated heterocycles. The van der Waals surface area contributed by atoms with Crippen molar-refractivity contribution in [2.45, 2.75) is 0 Å². The van der Waals surface area contributed by atoms with Crippen molar-refractivity contribution in [3.05, 3.63) is 119 Å². The van der Waals surface area contributed by atoms with Crippen molar-refractivity contribution >= 4 is 24.1 Å². The van der Waals surface area contributed by atoms with Crippen molar-refractivity contribution in [3.8, 4) is 23.0 Å². The largest absolute Gasteiger partial charge is 0.454 e. The maximum Gasteiger partial charge on any atom is 0.343 e. The summed E-state index contributed by atoms with van der Waals surface area (Å²) in [5.74, 6) is -0.384. The first-order valence-electron chi connectivity index (χ1n) is 11.5. The van der Waals surface area contributed by atoms with Crippen molar-refractivity contribution in [1.29, 1.82) is 0 Å². The minimum Gasteiger partial charge on any atom is -0.454 e. The third-order valence-electron chi connectivity index (χ3n) is 5.42. The van der Waals surface area contributed by atoms with Crippen LogP contribution in [0.3, 0.4) is 0 Å². The molecular formula is C29H20N2O7. The van der Waals surface area contributed by atoms with Gasteiger partial charge in [-0.2, -0.15) is 5.10 Å². The molecule has 0 radical (unpaired) electrons. The topological polar surface area (TPSA) is 113 Å². The Kier molecular flexibility index (Phi) is 7.08. The first-order chi connectivity index (χ1) is 18.6. The molecule has 0 bridgehead atoms. The van der Waals surface area contributed by atoms with E-state index in [-0.39, 0.29) is 18.3 Å². The van der Waals surface area contributed by atoms with Crippen LogP contribution in [0.1, 0.15) is 36.6 Å². The highest BCUT2D eigenvalue weighted by atomic mass is 16.7. The molecule has 4 aromatic carbocycles. The summed E-state index contributed by atoms with van der Waals surface area (Å²) in [4.78, 5) is 37.7. The van der Waals surface area contributed by atoms with Gasteiger partial charge in [-0.25, -0.2) is 15.0 Å². The Bertz CT molecular complexity index is 1520. The van der Waals surface area contributed by atoms with Gasteiger partial charge < -0.3 is 18.9 Å². The number of carbonyl (C=O) groups is 3. The molecule has 9 heteroatoms. The zero-order valence-corrected chi connectivity index (χ0v) is 19.8. The van der Waals surface area contributed by atoms with Gasteiger partial charge in [-0.15, -0.1) is 0 Å². The van der Waals surface area contributed by atoms with Gasteiger partial charge >= 0.3 is 11.9 Å². The van der Waals surface area contributed by atoms with Gasteiger partial charge in [0.25, 0.3) is 5.91 Å². The first-order valence-corrected chi connectivity index (χ1v) is 11.5. The average molecular weight is 508 g/mol. The standard InChI is InChI=1S/C29H20N2O7/c32-27(21-12-14-24-26(15-21)36-18-35-24)31-30-17-22-11-13-23(37-28(33)19-7-3-1-4-8-19)16-25(22)38-29(34)20-9-5-2-6-10-20/h1-17H,18H2,(H,31,32). The number of hydrogen-bond donors (Lipinski definition) is 1. The van der Waals surface area contributed by atoms with Crippen LogP contribution in [-0.2, 0) is 0 Å². The minimum atomic E-state index is -0.615. The molecule has 1 N–H and O–H groups in total. The summed E-state index contributed by atoms with van der Waals surface area (Å²) < 4.78 is 21.6. The van der Waals surface area contributed by atoms with Crippen LogP contribution in [0, 0.1) is 0 Å². The van der Waals surface area contributed by atoms with Gasteiger partial charge in [-0.05, 0) is 54.6 Å². The summed E-state index contributed by atoms with van der Waals surface area (Å²) >= 11 is 0. The van der Waals surface area contributed by atoms with Gasteiger partial charge in [0.2, 0.25) is 6.79 Å². The molecule has 9 nitrogen and oxygen atoms in total. The van der Waals surface area contributed by atoms with Gasteiger partial charge in [0.05, 0.1) is 17.3 Å². The fourth-order valence-electron chi connectivity index (χ4n) is 3.51. The highest BCUT2D eigenvalue weighted by molar-refractivity contribution is 5.97. The predicted octanol–water partition coefficient (Wildman–Crippen LogP) is 4.62. The summed E-state index contributed by atoms with van der Waals surface area (Å²) in [5, 5.41) is 3.99. The molecule has 0 aromatic heterocycles. The molecule has 1 amide bonds. The first kappa shape index (κ1) is 24.3. The third-order valence-corrected chi connectivity index (χ3v) is 5.42. The predicted molar refractivity (Wildman–Crippen MR) is 137 cm³/mol. The molecule has 0 aliphatic carbocycles. The minimum absolute atomic E-state index is 0.0818. The summed E-state index contributed by atoms with van der Waals surface area (Å²) in [7, 11) is 0. The molecule has 5 rings (SSSR count). The molecule has 1 heterocycles. The fourth-order valence-corrected chi connectivity index (χ4v) is 3.51. The number of ether oxygens (including phenoxy) is 4. The number of hydrogen-bond acceptors (Lipinski definition) is 8. The Morgan fingerprint density at radius 3 is 2.08 bits per heavy atom. The molecule has 0 unspecified atom stereocenters. The van der Waals surface area contributed by atoms with Crippen molar-refractivity contribution in [1.82, 2.24) is 5.43 Å². The molecule has 0 fully saturated rings. The number of carbonyl (C=O) groups excluding carboxylic acids is 3. The maximum atomic E-state index is 12.7. The number of nitrogens with one attached hydrogen (secondary N) is 1. The van der Waals surface area contributed by atoms with Gasteiger partial charge in [0.15, 0.2) is 11.5 Å². The molecule has 1 aliphatic heterocycles. The summed E-state index contributed by atoms with van der Waals surface area (Å²) in [5.41, 5.74) is 3.81. The zero-order valence-electron chi connectivity index (χ0n) is 19.8. The van der Waals surface area contributed by atoms with E-state index >= 15 is 0 Å². The Morgan fingerprint density at radius 1 is 0.711 bits per heavy atom. The van der Waals surface area contributed by atoms with Gasteiger partial charge in [0, 0.05) is 17.2 Å². The molecule has 188 valence electrons. The molecular weight excluding hydrogens is 488 g/mol. The van der Waals surface area contributed by atoms with E-state index in [9.17, 15) is 14.4 Å². The Morgan fingerprint density at radius 2 is 1.37 bits per heavy atom. The van der Waals surface area contributed by atoms with E-state index < -0.39 is 17.8 Å². The fraction of sp³-hybridized carbons (Fsp3) is 0.0345. The van der Waals surface area contributed by atoms with Crippen LogP contribution in [-0.4, -0.2) is 30.9 Å². The van der Waals surface area contributed by atoms with Crippen LogP contribution < -0.4 is 24.4 Å². The van der Waals surface area contributed by atoms with E-state index in [0.29, 0.717) is 33.8 Å². The molecule has 1 aliphatic rings. The lowest BCUT2D eigenvalue weighted by atomic mass is 10.2. The monoisotopic (exact) mass is 508 g/mol. The van der Waals surface area contributed by atoms with Crippen LogP contribution in [0.5, 0.6) is 23.0 Å². The second-order valence-electron chi connectivity index (χ2n) is 7.98. The van der Waals surface area contributed by atoms with E-state index in [1.807, 2.05) is 0 Å². The molecule has 0 atom stereocenters. The zero-order chi connectivity index (χ0) is 26.3. The number of fused-ring (bicyclic) bond motifs is 1. The molecule has 0 saturated carbocycles. The average Bonchev–Trinajstić information content (AvgIpc) is 3.43. The molecule has 38 heavy (non-hydrogen) atoms. The van der Waals surface area contributed by atoms with Crippen LogP contribution in [0.4, 0.5) is 0 Å². The van der Waals surface area contributed by atoms with Gasteiger partial charge in [-0.3, -0.25) is 4.79 Å². The van der Waals surface area contributed by atoms with Crippen molar-refractivity contribution in [2.24, 2.45) is 5.10 Å². The SMILES string of the molecule is O=C(NN=Cc1ccc(OC(=O)c2ccccc2)cc1OC(=O)c1ccccc1)c1ccc2c(c1)OCO2. The van der Waals surface area contributed by atoms with Crippen molar-refractivity contribution < 1.29 is 33.3 Å². The van der Waals surface area contributed by atoms with E-state index in [4.69, 9.17) is 18.9 Å². The number of nitrogens with zero attached hydrogens (tertiary/aromatic N) is 1. The van der Waals surface area contributed by atoms with E-state index in [1.54, 1.807) is 84.9 Å². The van der Waals surface area contributed by atoms with Gasteiger partial charge in [-0.1, -0.05) is 36.4 Å². The van der Waals surface area contributed by atoms with E-state index in [2.05, 4.69) is 10.5 Å². The highest BCUT2D eigenvalue weighted by Gasteiger charge is 2.17. The molecule has 0 spiro atoms. The van der Waals surface area contributed by atoms with Crippen LogP contribution in [0.15, 0.2) is 102 Å². The summed E-state index contributed by atoms with van der Waals surface area (Å²) in [6.07, 6.45) is 1.32. The number of benzene rings is 4. The highest BCUT2D eigenvalue weighted by Crippen LogP contribution is 2.32. The lowest BCUT2D eigenvalue weighted by Gasteiger charge is -2.10. The summed E-state index contributed by atoms with van der Waals surface area (Å²) in [6.45, 7) is 0.0969. The van der Waals surface area contributed by atoms with Crippen LogP contribution >= 0.6 is 0 Å². The van der Waals surface area contributed by atoms with E-state index in [1.165, 1.54) is 18.3 Å². The maximum absolute atomic E-state index is 12.7. The van der Waals surface area contributed by atoms with Crippen LogP contribution in [0.2, 0.25) is 0 Å². The number of rotatable bonds is 7. The van der Waals surface area contributed by atoms with Gasteiger partial charge in [0.1, 0.15) is 11.5 Å². The second kappa shape index (κ2) is 11.1. The number of amides is 1. The Balaban J connectivity index is 1.35. The number of hydrazone groups is 1. The quantitative estimate of drug-likeness (QED) is 0.168. The number of esters is 2. The lowest BCUT2D eigenvalue weighted by molar-refractivity contribution is 0.0732. The molecule has 4 aromatic rings. The van der Waals surface area contributed by atoms with Crippen LogP contribution in [0.25, 0.3) is 0 Å².